The van der Waals surface area contributed by atoms with Crippen LogP contribution in [-0.4, -0.2) is 32.0 Å². The molecule has 6 nitrogen and oxygen atoms in total. The molecule has 1 atom stereocenters. The van der Waals surface area contributed by atoms with Crippen molar-refractivity contribution in [3.63, 3.8) is 0 Å². The van der Waals surface area contributed by atoms with E-state index < -0.39 is 5.97 Å². The number of aryl methyl sites for hydroxylation is 1. The van der Waals surface area contributed by atoms with Crippen molar-refractivity contribution in [2.75, 3.05) is 11.9 Å². The van der Waals surface area contributed by atoms with Crippen molar-refractivity contribution in [1.82, 2.24) is 14.3 Å². The molecule has 0 saturated heterocycles. The minimum absolute atomic E-state index is 0.0921. The van der Waals surface area contributed by atoms with Gasteiger partial charge in [-0.05, 0) is 24.4 Å². The largest absolute Gasteiger partial charge is 0.481 e. The van der Waals surface area contributed by atoms with Crippen LogP contribution in [0.4, 0.5) is 5.82 Å². The highest BCUT2D eigenvalue weighted by molar-refractivity contribution is 7.13. The fraction of sp³-hybridized carbons (Fsp3) is 0.500. The third kappa shape index (κ3) is 3.17. The minimum atomic E-state index is -0.769. The van der Waals surface area contributed by atoms with Crippen LogP contribution < -0.4 is 5.32 Å². The molecule has 0 bridgehead atoms. The Balaban J connectivity index is 2.13. The number of carbonyl (C=O) groups is 1. The second-order valence-corrected chi connectivity index (χ2v) is 5.18. The summed E-state index contributed by atoms with van der Waals surface area (Å²) in [5, 5.41) is 13.0. The van der Waals surface area contributed by atoms with E-state index in [9.17, 15) is 4.79 Å². The van der Waals surface area contributed by atoms with Crippen LogP contribution in [0, 0.1) is 12.8 Å². The zero-order valence-electron chi connectivity index (χ0n) is 10.9. The fourth-order valence-electron chi connectivity index (χ4n) is 1.90. The molecule has 0 spiro atoms. The van der Waals surface area contributed by atoms with Gasteiger partial charge in [-0.15, -0.1) is 0 Å². The summed E-state index contributed by atoms with van der Waals surface area (Å²) in [6.07, 6.45) is 2.48. The predicted octanol–water partition coefficient (Wildman–Crippen LogP) is 2.31. The van der Waals surface area contributed by atoms with Gasteiger partial charge in [0.05, 0.1) is 11.1 Å². The zero-order valence-corrected chi connectivity index (χ0v) is 11.7. The van der Waals surface area contributed by atoms with E-state index in [-0.39, 0.29) is 12.3 Å². The van der Waals surface area contributed by atoms with Crippen LogP contribution in [-0.2, 0) is 4.79 Å². The first-order valence-corrected chi connectivity index (χ1v) is 6.91. The minimum Gasteiger partial charge on any atom is -0.481 e. The van der Waals surface area contributed by atoms with Crippen LogP contribution in [0.3, 0.4) is 0 Å². The Morgan fingerprint density at radius 2 is 2.32 bits per heavy atom. The number of nitrogens with zero attached hydrogens (tertiary/aromatic N) is 3. The molecule has 7 heteroatoms. The van der Waals surface area contributed by atoms with E-state index >= 15 is 0 Å². The number of hydrogen-bond acceptors (Lipinski definition) is 6. The average Bonchev–Trinajstić information content (AvgIpc) is 2.76. The molecule has 0 aliphatic carbocycles. The van der Waals surface area contributed by atoms with Crippen molar-refractivity contribution in [3.05, 3.63) is 12.0 Å². The molecular formula is C12H16N4O2S. The van der Waals surface area contributed by atoms with Gasteiger partial charge in [-0.3, -0.25) is 4.79 Å². The highest BCUT2D eigenvalue weighted by Gasteiger charge is 2.14. The summed E-state index contributed by atoms with van der Waals surface area (Å²) in [5.74, 6) is 0.0596. The maximum Gasteiger partial charge on any atom is 0.303 e. The molecule has 0 amide bonds. The van der Waals surface area contributed by atoms with Crippen molar-refractivity contribution < 1.29 is 9.90 Å². The van der Waals surface area contributed by atoms with E-state index in [1.807, 2.05) is 13.8 Å². The third-order valence-electron chi connectivity index (χ3n) is 3.04. The van der Waals surface area contributed by atoms with Gasteiger partial charge in [-0.2, -0.15) is 4.37 Å². The lowest BCUT2D eigenvalue weighted by Gasteiger charge is -2.14. The smallest absolute Gasteiger partial charge is 0.303 e. The van der Waals surface area contributed by atoms with Gasteiger partial charge in [-0.25, -0.2) is 9.97 Å². The quantitative estimate of drug-likeness (QED) is 0.844. The van der Waals surface area contributed by atoms with Gasteiger partial charge in [0.25, 0.3) is 0 Å². The molecule has 2 N–H and O–H groups in total. The van der Waals surface area contributed by atoms with Crippen LogP contribution in [0.2, 0.25) is 0 Å². The number of aliphatic carboxylic acids is 1. The lowest BCUT2D eigenvalue weighted by molar-refractivity contribution is -0.138. The summed E-state index contributed by atoms with van der Waals surface area (Å²) in [4.78, 5) is 20.0. The Morgan fingerprint density at radius 3 is 3.00 bits per heavy atom. The molecule has 2 aromatic rings. The van der Waals surface area contributed by atoms with Gasteiger partial charge in [0.1, 0.15) is 17.0 Å². The van der Waals surface area contributed by atoms with Crippen molar-refractivity contribution in [3.8, 4) is 0 Å². The Labute approximate surface area is 115 Å². The van der Waals surface area contributed by atoms with E-state index in [4.69, 9.17) is 5.11 Å². The first-order chi connectivity index (χ1) is 9.11. The molecule has 0 aromatic carbocycles. The van der Waals surface area contributed by atoms with Gasteiger partial charge in [0, 0.05) is 13.0 Å². The number of nitrogens with one attached hydrogen (secondary N) is 1. The number of anilines is 1. The summed E-state index contributed by atoms with van der Waals surface area (Å²) in [6.45, 7) is 4.49. The van der Waals surface area contributed by atoms with Gasteiger partial charge in [0.2, 0.25) is 0 Å². The summed E-state index contributed by atoms with van der Waals surface area (Å²) in [7, 11) is 0. The molecule has 0 radical (unpaired) electrons. The van der Waals surface area contributed by atoms with Gasteiger partial charge >= 0.3 is 5.97 Å². The molecule has 0 saturated carbocycles. The van der Waals surface area contributed by atoms with E-state index in [1.165, 1.54) is 17.9 Å². The molecule has 2 aromatic heterocycles. The number of hydrogen-bond donors (Lipinski definition) is 2. The topological polar surface area (TPSA) is 88.0 Å². The standard InChI is InChI=1S/C12H16N4O2S/c1-3-8(4-9(17)18)5-13-11-10-7(2)16-19-12(10)15-6-14-11/h6,8H,3-5H2,1-2H3,(H,17,18)(H,13,14,15). The van der Waals surface area contributed by atoms with E-state index in [0.29, 0.717) is 6.54 Å². The van der Waals surface area contributed by atoms with Gasteiger partial charge < -0.3 is 10.4 Å². The monoisotopic (exact) mass is 280 g/mol. The van der Waals surface area contributed by atoms with Gasteiger partial charge in [0.15, 0.2) is 0 Å². The Hall–Kier alpha value is -1.76. The van der Waals surface area contributed by atoms with E-state index in [2.05, 4.69) is 19.7 Å². The second kappa shape index (κ2) is 5.92. The molecule has 102 valence electrons. The first kappa shape index (κ1) is 13.7. The number of aromatic nitrogens is 3. The van der Waals surface area contributed by atoms with Crippen molar-refractivity contribution >= 4 is 33.5 Å². The lowest BCUT2D eigenvalue weighted by atomic mass is 10.0. The Bertz CT molecular complexity index is 584. The van der Waals surface area contributed by atoms with Crippen LogP contribution >= 0.6 is 11.5 Å². The zero-order chi connectivity index (χ0) is 13.8. The summed E-state index contributed by atoms with van der Waals surface area (Å²) >= 11 is 1.34. The average molecular weight is 280 g/mol. The predicted molar refractivity (Wildman–Crippen MR) is 74.5 cm³/mol. The van der Waals surface area contributed by atoms with Crippen molar-refractivity contribution in [2.24, 2.45) is 5.92 Å². The summed E-state index contributed by atoms with van der Waals surface area (Å²) in [6, 6.07) is 0. The number of carboxylic acid groups (broad SMARTS) is 1. The van der Waals surface area contributed by atoms with Crippen LogP contribution in [0.1, 0.15) is 25.5 Å². The number of carboxylic acids is 1. The Morgan fingerprint density at radius 1 is 1.53 bits per heavy atom. The number of rotatable bonds is 6. The van der Waals surface area contributed by atoms with Crippen LogP contribution in [0.5, 0.6) is 0 Å². The maximum absolute atomic E-state index is 10.7. The SMILES string of the molecule is CCC(CNc1ncnc2snc(C)c12)CC(=O)O. The Kier molecular flexibility index (Phi) is 4.26. The second-order valence-electron chi connectivity index (χ2n) is 4.42. The molecule has 0 aliphatic heterocycles. The molecular weight excluding hydrogens is 264 g/mol. The summed E-state index contributed by atoms with van der Waals surface area (Å²) in [5.41, 5.74) is 0.898. The van der Waals surface area contributed by atoms with E-state index in [1.54, 1.807) is 0 Å². The molecule has 19 heavy (non-hydrogen) atoms. The van der Waals surface area contributed by atoms with E-state index in [0.717, 1.165) is 28.1 Å². The van der Waals surface area contributed by atoms with Crippen LogP contribution in [0.15, 0.2) is 6.33 Å². The van der Waals surface area contributed by atoms with Crippen molar-refractivity contribution in [1.29, 1.82) is 0 Å². The fourth-order valence-corrected chi connectivity index (χ4v) is 2.65. The molecule has 0 aliphatic rings. The summed E-state index contributed by atoms with van der Waals surface area (Å²) < 4.78 is 4.26. The normalized spacial score (nSPS) is 12.5. The van der Waals surface area contributed by atoms with Crippen molar-refractivity contribution in [2.45, 2.75) is 26.7 Å². The maximum atomic E-state index is 10.7. The molecule has 2 heterocycles. The van der Waals surface area contributed by atoms with Gasteiger partial charge in [-0.1, -0.05) is 13.3 Å². The third-order valence-corrected chi connectivity index (χ3v) is 3.89. The molecule has 2 rings (SSSR count). The number of fused-ring (bicyclic) bond motifs is 1. The highest BCUT2D eigenvalue weighted by atomic mass is 32.1. The molecule has 1 unspecified atom stereocenters. The molecule has 0 fully saturated rings. The lowest BCUT2D eigenvalue weighted by Crippen LogP contribution is -2.18. The highest BCUT2D eigenvalue weighted by Crippen LogP contribution is 2.26. The van der Waals surface area contributed by atoms with Crippen LogP contribution in [0.25, 0.3) is 10.2 Å². The first-order valence-electron chi connectivity index (χ1n) is 6.14.